The Bertz CT molecular complexity index is 1710. The second-order valence-corrected chi connectivity index (χ2v) is 9.55. The van der Waals surface area contributed by atoms with Crippen molar-refractivity contribution in [3.05, 3.63) is 157 Å². The molecule has 0 bridgehead atoms. The van der Waals surface area contributed by atoms with Crippen LogP contribution in [-0.4, -0.2) is 11.0 Å². The van der Waals surface area contributed by atoms with E-state index in [1.807, 2.05) is 84.9 Å². The fourth-order valence-corrected chi connectivity index (χ4v) is 4.58. The Hall–Kier alpha value is -5.26. The third-order valence-corrected chi connectivity index (χ3v) is 6.69. The molecule has 4 N–H and O–H groups in total. The smallest absolute Gasteiger partial charge is 0.319 e. The summed E-state index contributed by atoms with van der Waals surface area (Å²) in [6.45, 7) is 1.06. The van der Waals surface area contributed by atoms with Crippen molar-refractivity contribution in [3.63, 3.8) is 0 Å². The summed E-state index contributed by atoms with van der Waals surface area (Å²) in [5.41, 5.74) is 13.4. The van der Waals surface area contributed by atoms with Crippen molar-refractivity contribution in [3.8, 4) is 22.3 Å². The molecule has 0 aliphatic heterocycles. The zero-order valence-electron chi connectivity index (χ0n) is 22.7. The largest absolute Gasteiger partial charge is 0.334 e. The van der Waals surface area contributed by atoms with Crippen molar-refractivity contribution < 1.29 is 4.79 Å². The normalized spacial score (nSPS) is 10.4. The fraction of sp³-hybridized carbons (Fsp3) is 0.0556. The monoisotopic (exact) mass is 536 g/mol. The van der Waals surface area contributed by atoms with Crippen LogP contribution in [0.3, 0.4) is 0 Å². The van der Waals surface area contributed by atoms with Gasteiger partial charge in [0.1, 0.15) is 0 Å². The molecule has 0 fully saturated rings. The maximum atomic E-state index is 12.3. The Morgan fingerprint density at radius 1 is 0.634 bits per heavy atom. The quantitative estimate of drug-likeness (QED) is 0.202. The number of rotatable bonds is 6. The number of nitrogens with one attached hydrogen (secondary N) is 2. The highest BCUT2D eigenvalue weighted by molar-refractivity contribution is 6.01. The minimum absolute atomic E-state index is 0.232. The lowest BCUT2D eigenvalue weighted by molar-refractivity contribution is 0.252. The molecule has 41 heavy (non-hydrogen) atoms. The number of carbonyl (C=O) groups is 1. The van der Waals surface area contributed by atoms with Crippen LogP contribution in [0.15, 0.2) is 146 Å². The van der Waals surface area contributed by atoms with Crippen molar-refractivity contribution in [1.82, 2.24) is 10.3 Å². The van der Waals surface area contributed by atoms with Gasteiger partial charge in [0, 0.05) is 36.3 Å². The molecule has 1 aromatic heterocycles. The van der Waals surface area contributed by atoms with Crippen LogP contribution < -0.4 is 16.4 Å². The Labute approximate surface area is 240 Å². The van der Waals surface area contributed by atoms with Gasteiger partial charge in [-0.25, -0.2) is 4.79 Å². The van der Waals surface area contributed by atoms with Gasteiger partial charge in [-0.05, 0) is 57.6 Å². The number of pyridine rings is 1. The number of nitrogens with zero attached hydrogens (tertiary/aromatic N) is 1. The van der Waals surface area contributed by atoms with Crippen LogP contribution in [0.2, 0.25) is 0 Å². The molecule has 5 aromatic carbocycles. The predicted molar refractivity (Wildman–Crippen MR) is 169 cm³/mol. The van der Waals surface area contributed by atoms with Crippen LogP contribution in [-0.2, 0) is 13.1 Å². The molecule has 6 rings (SSSR count). The zero-order chi connectivity index (χ0) is 28.3. The van der Waals surface area contributed by atoms with Gasteiger partial charge in [0.05, 0.1) is 5.69 Å². The maximum absolute atomic E-state index is 12.3. The Morgan fingerprint density at radius 3 is 1.88 bits per heavy atom. The van der Waals surface area contributed by atoms with Crippen LogP contribution in [0.1, 0.15) is 11.1 Å². The van der Waals surface area contributed by atoms with E-state index in [2.05, 4.69) is 64.1 Å². The van der Waals surface area contributed by atoms with Gasteiger partial charge in [0.15, 0.2) is 0 Å². The van der Waals surface area contributed by atoms with Gasteiger partial charge in [0.25, 0.3) is 0 Å². The average Bonchev–Trinajstić information content (AvgIpc) is 3.05. The Morgan fingerprint density at radius 2 is 1.22 bits per heavy atom. The van der Waals surface area contributed by atoms with Gasteiger partial charge in [-0.15, -0.1) is 0 Å². The number of amides is 2. The average molecular weight is 537 g/mol. The molecule has 0 aliphatic carbocycles. The molecular formula is C36H32N4O. The van der Waals surface area contributed by atoms with Crippen molar-refractivity contribution in [2.75, 3.05) is 5.32 Å². The van der Waals surface area contributed by atoms with Gasteiger partial charge in [-0.3, -0.25) is 4.98 Å². The van der Waals surface area contributed by atoms with E-state index in [0.717, 1.165) is 33.2 Å². The third-order valence-electron chi connectivity index (χ3n) is 6.69. The van der Waals surface area contributed by atoms with E-state index >= 15 is 0 Å². The summed E-state index contributed by atoms with van der Waals surface area (Å²) in [7, 11) is 0. The number of nitrogens with two attached hydrogens (primary N) is 1. The van der Waals surface area contributed by atoms with Crippen molar-refractivity contribution in [2.24, 2.45) is 5.73 Å². The molecule has 0 atom stereocenters. The van der Waals surface area contributed by atoms with E-state index in [-0.39, 0.29) is 6.03 Å². The predicted octanol–water partition coefficient (Wildman–Crippen LogP) is 8.04. The first-order valence-corrected chi connectivity index (χ1v) is 13.6. The second-order valence-electron chi connectivity index (χ2n) is 9.55. The fourth-order valence-electron chi connectivity index (χ4n) is 4.58. The number of benzene rings is 5. The summed E-state index contributed by atoms with van der Waals surface area (Å²) in [4.78, 5) is 16.5. The molecule has 5 heteroatoms. The summed E-state index contributed by atoms with van der Waals surface area (Å²) in [5.74, 6) is 0. The van der Waals surface area contributed by atoms with Crippen LogP contribution >= 0.6 is 0 Å². The molecule has 1 heterocycles. The molecule has 6 aromatic rings. The molecule has 2 amide bonds. The molecule has 0 aliphatic rings. The van der Waals surface area contributed by atoms with Crippen molar-refractivity contribution >= 4 is 22.5 Å². The van der Waals surface area contributed by atoms with Gasteiger partial charge >= 0.3 is 6.03 Å². The topological polar surface area (TPSA) is 80.0 Å². The molecule has 0 radical (unpaired) electrons. The number of hydrogen-bond donors (Lipinski definition) is 3. The first-order chi connectivity index (χ1) is 20.2. The van der Waals surface area contributed by atoms with Crippen LogP contribution in [0.25, 0.3) is 33.0 Å². The van der Waals surface area contributed by atoms with E-state index in [0.29, 0.717) is 13.1 Å². The van der Waals surface area contributed by atoms with Crippen molar-refractivity contribution in [1.29, 1.82) is 0 Å². The Kier molecular flexibility index (Phi) is 9.12. The number of urea groups is 1. The van der Waals surface area contributed by atoms with Crippen LogP contribution in [0.4, 0.5) is 10.5 Å². The molecule has 0 saturated carbocycles. The highest BCUT2D eigenvalue weighted by atomic mass is 16.2. The number of fused-ring (bicyclic) bond motifs is 1. The molecule has 0 saturated heterocycles. The zero-order valence-corrected chi connectivity index (χ0v) is 22.7. The highest BCUT2D eigenvalue weighted by Gasteiger charge is 2.06. The lowest BCUT2D eigenvalue weighted by Gasteiger charge is -2.11. The summed E-state index contributed by atoms with van der Waals surface area (Å²) in [6, 6.07) is 44.5. The van der Waals surface area contributed by atoms with E-state index in [1.54, 1.807) is 12.4 Å². The first-order valence-electron chi connectivity index (χ1n) is 13.6. The van der Waals surface area contributed by atoms with E-state index in [9.17, 15) is 4.79 Å². The summed E-state index contributed by atoms with van der Waals surface area (Å²) in [6.07, 6.45) is 3.51. The summed E-state index contributed by atoms with van der Waals surface area (Å²) < 4.78 is 0. The number of anilines is 1. The molecule has 0 spiro atoms. The first kappa shape index (κ1) is 27.3. The minimum Gasteiger partial charge on any atom is -0.334 e. The molecule has 202 valence electrons. The van der Waals surface area contributed by atoms with E-state index in [4.69, 9.17) is 5.73 Å². The molecule has 5 nitrogen and oxygen atoms in total. The highest BCUT2D eigenvalue weighted by Crippen LogP contribution is 2.23. The van der Waals surface area contributed by atoms with Gasteiger partial charge in [-0.2, -0.15) is 0 Å². The summed E-state index contributed by atoms with van der Waals surface area (Å²) >= 11 is 0. The van der Waals surface area contributed by atoms with Gasteiger partial charge in [0.2, 0.25) is 0 Å². The van der Waals surface area contributed by atoms with Crippen LogP contribution in [0.5, 0.6) is 0 Å². The Balaban J connectivity index is 0.000000202. The van der Waals surface area contributed by atoms with Crippen molar-refractivity contribution in [2.45, 2.75) is 13.1 Å². The lowest BCUT2D eigenvalue weighted by atomic mass is 10.0. The second kappa shape index (κ2) is 13.7. The number of carbonyl (C=O) groups excluding carboxylic acids is 1. The molecule has 0 unspecified atom stereocenters. The standard InChI is InChI=1S/C23H19N3O.C13H13N/c27-23(26-22-11-5-10-20-16-24-13-12-21(20)22)25-15-17-6-4-9-19(14-17)18-7-2-1-3-8-18;14-10-11-5-4-8-13(9-11)12-6-2-1-3-7-12/h1-14,16H,15H2,(H2,25,26,27);1-9H,10,14H2. The number of hydrogen-bond acceptors (Lipinski definition) is 3. The molecular weight excluding hydrogens is 504 g/mol. The van der Waals surface area contributed by atoms with E-state index in [1.165, 1.54) is 16.7 Å². The van der Waals surface area contributed by atoms with Gasteiger partial charge < -0.3 is 16.4 Å². The third kappa shape index (κ3) is 7.44. The van der Waals surface area contributed by atoms with Crippen LogP contribution in [0, 0.1) is 0 Å². The lowest BCUT2D eigenvalue weighted by Crippen LogP contribution is -2.28. The minimum atomic E-state index is -0.232. The SMILES string of the molecule is NCc1cccc(-c2ccccc2)c1.O=C(NCc1cccc(-c2ccccc2)c1)Nc1cccc2cnccc12. The van der Waals surface area contributed by atoms with E-state index < -0.39 is 0 Å². The number of aromatic nitrogens is 1. The maximum Gasteiger partial charge on any atom is 0.319 e. The van der Waals surface area contributed by atoms with Gasteiger partial charge in [-0.1, -0.05) is 109 Å². The summed E-state index contributed by atoms with van der Waals surface area (Å²) in [5, 5.41) is 7.81.